The van der Waals surface area contributed by atoms with Crippen molar-refractivity contribution in [3.05, 3.63) is 33.8 Å². The number of nitrogens with zero attached hydrogens (tertiary/aromatic N) is 3. The average molecular weight is 467 g/mol. The fourth-order valence-electron chi connectivity index (χ4n) is 4.62. The molecule has 2 aliphatic heterocycles. The van der Waals surface area contributed by atoms with E-state index in [2.05, 4.69) is 32.9 Å². The quantitative estimate of drug-likeness (QED) is 0.674. The van der Waals surface area contributed by atoms with Crippen LogP contribution in [-0.2, 0) is 14.8 Å². The van der Waals surface area contributed by atoms with Crippen molar-refractivity contribution in [2.45, 2.75) is 50.5 Å². The van der Waals surface area contributed by atoms with E-state index in [1.165, 1.54) is 22.0 Å². The molecule has 2 fully saturated rings. The maximum Gasteiger partial charge on any atom is 0.248 e. The lowest BCUT2D eigenvalue weighted by molar-refractivity contribution is -0.126. The predicted octanol–water partition coefficient (Wildman–Crippen LogP) is 2.71. The van der Waals surface area contributed by atoms with Gasteiger partial charge in [0.2, 0.25) is 15.9 Å². The molecule has 0 aromatic carbocycles. The molecule has 10 heteroatoms. The van der Waals surface area contributed by atoms with Gasteiger partial charge in [-0.1, -0.05) is 11.2 Å². The van der Waals surface area contributed by atoms with Gasteiger partial charge < -0.3 is 9.84 Å². The first kappa shape index (κ1) is 22.4. The first-order chi connectivity index (χ1) is 14.9. The SMILES string of the molecule is Cc1noc(C)c1S(=O)(=O)N1CCC(C(=O)NC[C@@H](c2cccs2)N2CCCC2)CC1. The van der Waals surface area contributed by atoms with Crippen LogP contribution in [0, 0.1) is 19.8 Å². The summed E-state index contributed by atoms with van der Waals surface area (Å²) in [5.41, 5.74) is 0.374. The highest BCUT2D eigenvalue weighted by Crippen LogP contribution is 2.29. The van der Waals surface area contributed by atoms with Crippen molar-refractivity contribution in [1.29, 1.82) is 0 Å². The third-order valence-corrected chi connectivity index (χ3v) is 9.43. The molecule has 8 nitrogen and oxygen atoms in total. The molecule has 31 heavy (non-hydrogen) atoms. The maximum absolute atomic E-state index is 13.0. The number of sulfonamides is 1. The zero-order valence-corrected chi connectivity index (χ0v) is 19.7. The number of hydrogen-bond acceptors (Lipinski definition) is 7. The molecular formula is C21H30N4O4S2. The molecule has 0 bridgehead atoms. The molecular weight excluding hydrogens is 436 g/mol. The van der Waals surface area contributed by atoms with Gasteiger partial charge >= 0.3 is 0 Å². The number of carbonyl (C=O) groups excluding carboxylic acids is 1. The number of thiophene rings is 1. The van der Waals surface area contributed by atoms with E-state index < -0.39 is 10.0 Å². The van der Waals surface area contributed by atoms with Gasteiger partial charge in [0, 0.05) is 30.4 Å². The smallest absolute Gasteiger partial charge is 0.248 e. The van der Waals surface area contributed by atoms with Gasteiger partial charge in [-0.05, 0) is 64.1 Å². The van der Waals surface area contributed by atoms with Crippen LogP contribution in [-0.4, -0.2) is 61.4 Å². The minimum Gasteiger partial charge on any atom is -0.360 e. The van der Waals surface area contributed by atoms with Crippen molar-refractivity contribution in [3.8, 4) is 0 Å². The van der Waals surface area contributed by atoms with Crippen LogP contribution in [0.2, 0.25) is 0 Å². The second kappa shape index (κ2) is 9.40. The van der Waals surface area contributed by atoms with E-state index in [0.29, 0.717) is 43.9 Å². The van der Waals surface area contributed by atoms with Gasteiger partial charge in [-0.3, -0.25) is 9.69 Å². The summed E-state index contributed by atoms with van der Waals surface area (Å²) in [5.74, 6) is 0.160. The molecule has 0 unspecified atom stereocenters. The van der Waals surface area contributed by atoms with E-state index in [4.69, 9.17) is 4.52 Å². The van der Waals surface area contributed by atoms with E-state index in [-0.39, 0.29) is 22.8 Å². The molecule has 4 rings (SSSR count). The monoisotopic (exact) mass is 466 g/mol. The van der Waals surface area contributed by atoms with Gasteiger partial charge in [-0.2, -0.15) is 4.31 Å². The molecule has 1 amide bonds. The Morgan fingerprint density at radius 2 is 1.97 bits per heavy atom. The second-order valence-electron chi connectivity index (χ2n) is 8.35. The standard InChI is InChI=1S/C21H30N4O4S2/c1-15-20(16(2)29-23-15)31(27,28)25-11-7-17(8-12-25)21(26)22-14-18(19-6-5-13-30-19)24-9-3-4-10-24/h5-6,13,17-18H,3-4,7-12,14H2,1-2H3,(H,22,26)/t18-/m0/s1. The summed E-state index contributed by atoms with van der Waals surface area (Å²) in [7, 11) is -3.66. The lowest BCUT2D eigenvalue weighted by Crippen LogP contribution is -2.44. The lowest BCUT2D eigenvalue weighted by atomic mass is 9.97. The summed E-state index contributed by atoms with van der Waals surface area (Å²) in [6, 6.07) is 4.41. The zero-order valence-electron chi connectivity index (χ0n) is 18.0. The van der Waals surface area contributed by atoms with Gasteiger partial charge in [0.1, 0.15) is 10.6 Å². The first-order valence-electron chi connectivity index (χ1n) is 10.9. The number of aromatic nitrogens is 1. The Morgan fingerprint density at radius 1 is 1.26 bits per heavy atom. The molecule has 0 spiro atoms. The molecule has 2 aromatic rings. The zero-order chi connectivity index (χ0) is 22.0. The topological polar surface area (TPSA) is 95.8 Å². The number of aryl methyl sites for hydroxylation is 2. The predicted molar refractivity (Wildman–Crippen MR) is 118 cm³/mol. The third-order valence-electron chi connectivity index (χ3n) is 6.31. The Balaban J connectivity index is 1.34. The van der Waals surface area contributed by atoms with E-state index in [0.717, 1.165) is 13.1 Å². The van der Waals surface area contributed by atoms with Crippen molar-refractivity contribution in [2.75, 3.05) is 32.7 Å². The van der Waals surface area contributed by atoms with Gasteiger partial charge in [-0.25, -0.2) is 8.42 Å². The fourth-order valence-corrected chi connectivity index (χ4v) is 7.24. The van der Waals surface area contributed by atoms with Crippen LogP contribution in [0.5, 0.6) is 0 Å². The lowest BCUT2D eigenvalue weighted by Gasteiger charge is -2.31. The van der Waals surface area contributed by atoms with Crippen LogP contribution in [0.1, 0.15) is 48.1 Å². The summed E-state index contributed by atoms with van der Waals surface area (Å²) >= 11 is 1.73. The Morgan fingerprint density at radius 3 is 2.55 bits per heavy atom. The van der Waals surface area contributed by atoms with Crippen LogP contribution in [0.3, 0.4) is 0 Å². The Labute approximate surface area is 187 Å². The fraction of sp³-hybridized carbons (Fsp3) is 0.619. The minimum atomic E-state index is -3.66. The first-order valence-corrected chi connectivity index (χ1v) is 13.2. The van der Waals surface area contributed by atoms with Gasteiger partial charge in [0.25, 0.3) is 0 Å². The molecule has 2 aromatic heterocycles. The number of carbonyl (C=O) groups is 1. The molecule has 1 N–H and O–H groups in total. The van der Waals surface area contributed by atoms with Crippen LogP contribution in [0.25, 0.3) is 0 Å². The average Bonchev–Trinajstić information content (AvgIpc) is 3.52. The molecule has 0 saturated carbocycles. The summed E-state index contributed by atoms with van der Waals surface area (Å²) in [4.78, 5) is 16.7. The molecule has 2 saturated heterocycles. The largest absolute Gasteiger partial charge is 0.360 e. The highest BCUT2D eigenvalue weighted by Gasteiger charge is 2.35. The minimum absolute atomic E-state index is 0.0233. The summed E-state index contributed by atoms with van der Waals surface area (Å²) in [5, 5.41) is 9.00. The molecule has 4 heterocycles. The van der Waals surface area contributed by atoms with Crippen LogP contribution in [0.15, 0.2) is 26.9 Å². The Bertz CT molecular complexity index is 969. The number of likely N-dealkylation sites (tertiary alicyclic amines) is 1. The van der Waals surface area contributed by atoms with Crippen LogP contribution >= 0.6 is 11.3 Å². The second-order valence-corrected chi connectivity index (χ2v) is 11.2. The van der Waals surface area contributed by atoms with E-state index in [1.807, 2.05) is 0 Å². The molecule has 0 aliphatic carbocycles. The Kier molecular flexibility index (Phi) is 6.80. The van der Waals surface area contributed by atoms with Crippen LogP contribution < -0.4 is 5.32 Å². The molecule has 170 valence electrons. The molecule has 1 atom stereocenters. The third kappa shape index (κ3) is 4.72. The maximum atomic E-state index is 13.0. The van der Waals surface area contributed by atoms with Crippen molar-refractivity contribution >= 4 is 27.3 Å². The number of amides is 1. The summed E-state index contributed by atoms with van der Waals surface area (Å²) < 4.78 is 32.4. The van der Waals surface area contributed by atoms with E-state index in [9.17, 15) is 13.2 Å². The van der Waals surface area contributed by atoms with Crippen LogP contribution in [0.4, 0.5) is 0 Å². The summed E-state index contributed by atoms with van der Waals surface area (Å²) in [6.45, 7) is 6.62. The number of rotatable bonds is 7. The van der Waals surface area contributed by atoms with E-state index >= 15 is 0 Å². The van der Waals surface area contributed by atoms with Gasteiger partial charge in [0.05, 0.1) is 6.04 Å². The van der Waals surface area contributed by atoms with Crippen molar-refractivity contribution in [3.63, 3.8) is 0 Å². The normalized spacial score (nSPS) is 20.2. The summed E-state index contributed by atoms with van der Waals surface area (Å²) in [6.07, 6.45) is 3.44. The number of nitrogens with one attached hydrogen (secondary N) is 1. The van der Waals surface area contributed by atoms with E-state index in [1.54, 1.807) is 25.2 Å². The van der Waals surface area contributed by atoms with Crippen molar-refractivity contribution < 1.29 is 17.7 Å². The number of hydrogen-bond donors (Lipinski definition) is 1. The highest BCUT2D eigenvalue weighted by atomic mass is 32.2. The molecule has 2 aliphatic rings. The van der Waals surface area contributed by atoms with Gasteiger partial charge in [0.15, 0.2) is 5.76 Å². The Hall–Kier alpha value is -1.75. The number of piperidine rings is 1. The van der Waals surface area contributed by atoms with Gasteiger partial charge in [-0.15, -0.1) is 11.3 Å². The van der Waals surface area contributed by atoms with Crippen molar-refractivity contribution in [1.82, 2.24) is 19.7 Å². The molecule has 0 radical (unpaired) electrons. The highest BCUT2D eigenvalue weighted by molar-refractivity contribution is 7.89. The van der Waals surface area contributed by atoms with Crippen molar-refractivity contribution in [2.24, 2.45) is 5.92 Å².